The molecule has 0 bridgehead atoms. The first kappa shape index (κ1) is 11.1. The van der Waals surface area contributed by atoms with Crippen molar-refractivity contribution in [1.82, 2.24) is 10.3 Å². The maximum Gasteiger partial charge on any atom is 0.261 e. The van der Waals surface area contributed by atoms with Gasteiger partial charge in [-0.25, -0.2) is 8.78 Å². The normalized spacial score (nSPS) is 11.1. The summed E-state index contributed by atoms with van der Waals surface area (Å²) >= 11 is 0. The highest BCUT2D eigenvalue weighted by atomic mass is 19.3. The fourth-order valence-electron chi connectivity index (χ4n) is 1.02. The van der Waals surface area contributed by atoms with E-state index in [1.165, 1.54) is 0 Å². The van der Waals surface area contributed by atoms with Crippen LogP contribution in [0.5, 0.6) is 0 Å². The SMILES string of the molecule is FC(F)COCCNCc1ccc[nH]1. The van der Waals surface area contributed by atoms with Gasteiger partial charge in [0, 0.05) is 25.0 Å². The molecule has 1 aromatic heterocycles. The van der Waals surface area contributed by atoms with Crippen LogP contribution in [0.2, 0.25) is 0 Å². The highest BCUT2D eigenvalue weighted by Gasteiger charge is 2.00. The molecular weight excluding hydrogens is 190 g/mol. The third-order valence-electron chi connectivity index (χ3n) is 1.64. The molecule has 1 heterocycles. The Bertz CT molecular complexity index is 227. The largest absolute Gasteiger partial charge is 0.374 e. The summed E-state index contributed by atoms with van der Waals surface area (Å²) in [6.45, 7) is 1.10. The fourth-order valence-corrected chi connectivity index (χ4v) is 1.02. The Labute approximate surface area is 81.5 Å². The van der Waals surface area contributed by atoms with Crippen molar-refractivity contribution in [3.05, 3.63) is 24.0 Å². The molecule has 0 unspecified atom stereocenters. The van der Waals surface area contributed by atoms with E-state index in [0.717, 1.165) is 5.69 Å². The van der Waals surface area contributed by atoms with Gasteiger partial charge in [0.15, 0.2) is 0 Å². The van der Waals surface area contributed by atoms with Crippen LogP contribution >= 0.6 is 0 Å². The lowest BCUT2D eigenvalue weighted by Crippen LogP contribution is -2.20. The Morgan fingerprint density at radius 2 is 2.36 bits per heavy atom. The van der Waals surface area contributed by atoms with Crippen LogP contribution in [0.4, 0.5) is 8.78 Å². The highest BCUT2D eigenvalue weighted by Crippen LogP contribution is 1.93. The molecule has 0 aliphatic heterocycles. The topological polar surface area (TPSA) is 37.0 Å². The summed E-state index contributed by atoms with van der Waals surface area (Å²) in [5.74, 6) is 0. The smallest absolute Gasteiger partial charge is 0.261 e. The van der Waals surface area contributed by atoms with Crippen LogP contribution in [0.15, 0.2) is 18.3 Å². The molecule has 2 N–H and O–H groups in total. The van der Waals surface area contributed by atoms with Crippen molar-refractivity contribution >= 4 is 0 Å². The molecule has 3 nitrogen and oxygen atoms in total. The van der Waals surface area contributed by atoms with Crippen LogP contribution in [-0.4, -0.2) is 31.2 Å². The van der Waals surface area contributed by atoms with Crippen molar-refractivity contribution in [3.8, 4) is 0 Å². The van der Waals surface area contributed by atoms with Crippen molar-refractivity contribution in [2.45, 2.75) is 13.0 Å². The van der Waals surface area contributed by atoms with Crippen molar-refractivity contribution in [2.75, 3.05) is 19.8 Å². The number of nitrogens with one attached hydrogen (secondary N) is 2. The second kappa shape index (κ2) is 6.50. The molecule has 0 spiro atoms. The monoisotopic (exact) mass is 204 g/mol. The van der Waals surface area contributed by atoms with Gasteiger partial charge in [0.25, 0.3) is 6.43 Å². The Morgan fingerprint density at radius 1 is 1.50 bits per heavy atom. The van der Waals surface area contributed by atoms with E-state index in [0.29, 0.717) is 19.7 Å². The molecule has 0 atom stereocenters. The minimum atomic E-state index is -2.38. The summed E-state index contributed by atoms with van der Waals surface area (Å²) in [5.41, 5.74) is 1.07. The van der Waals surface area contributed by atoms with Gasteiger partial charge in [-0.1, -0.05) is 0 Å². The van der Waals surface area contributed by atoms with Gasteiger partial charge in [-0.05, 0) is 12.1 Å². The molecule has 0 radical (unpaired) electrons. The summed E-state index contributed by atoms with van der Waals surface area (Å²) < 4.78 is 27.9. The van der Waals surface area contributed by atoms with Gasteiger partial charge in [0.1, 0.15) is 6.61 Å². The van der Waals surface area contributed by atoms with Gasteiger partial charge < -0.3 is 15.0 Å². The average molecular weight is 204 g/mol. The third-order valence-corrected chi connectivity index (χ3v) is 1.64. The molecule has 0 saturated carbocycles. The number of hydrogen-bond donors (Lipinski definition) is 2. The van der Waals surface area contributed by atoms with Crippen LogP contribution in [0.1, 0.15) is 5.69 Å². The Kier molecular flexibility index (Phi) is 5.17. The van der Waals surface area contributed by atoms with E-state index in [1.54, 1.807) is 0 Å². The first-order valence-corrected chi connectivity index (χ1v) is 4.48. The molecule has 0 saturated heterocycles. The standard InChI is InChI=1S/C9H14F2N2O/c10-9(11)7-14-5-4-12-6-8-2-1-3-13-8/h1-3,9,12-13H,4-7H2. The Morgan fingerprint density at radius 3 is 3.00 bits per heavy atom. The Balaban J connectivity index is 1.90. The molecular formula is C9H14F2N2O. The van der Waals surface area contributed by atoms with Gasteiger partial charge in [0.05, 0.1) is 6.61 Å². The van der Waals surface area contributed by atoms with Gasteiger partial charge in [0.2, 0.25) is 0 Å². The third kappa shape index (κ3) is 4.94. The molecule has 0 aromatic carbocycles. The first-order valence-electron chi connectivity index (χ1n) is 4.48. The highest BCUT2D eigenvalue weighted by molar-refractivity contribution is 5.02. The molecule has 0 aliphatic rings. The molecule has 14 heavy (non-hydrogen) atoms. The minimum Gasteiger partial charge on any atom is -0.374 e. The minimum absolute atomic E-state index is 0.311. The lowest BCUT2D eigenvalue weighted by Gasteiger charge is -2.04. The van der Waals surface area contributed by atoms with E-state index < -0.39 is 13.0 Å². The van der Waals surface area contributed by atoms with Crippen LogP contribution in [0, 0.1) is 0 Å². The van der Waals surface area contributed by atoms with Gasteiger partial charge in [-0.3, -0.25) is 0 Å². The number of ether oxygens (including phenoxy) is 1. The number of aromatic nitrogens is 1. The molecule has 1 aromatic rings. The van der Waals surface area contributed by atoms with Crippen LogP contribution in [0.3, 0.4) is 0 Å². The average Bonchev–Trinajstić information content (AvgIpc) is 2.63. The predicted molar refractivity (Wildman–Crippen MR) is 49.3 cm³/mol. The maximum atomic E-state index is 11.6. The van der Waals surface area contributed by atoms with E-state index in [4.69, 9.17) is 4.74 Å². The number of aromatic amines is 1. The summed E-state index contributed by atoms with van der Waals surface area (Å²) in [7, 11) is 0. The van der Waals surface area contributed by atoms with E-state index in [-0.39, 0.29) is 0 Å². The van der Waals surface area contributed by atoms with E-state index in [1.807, 2.05) is 18.3 Å². The molecule has 0 amide bonds. The number of hydrogen-bond acceptors (Lipinski definition) is 2. The number of rotatable bonds is 7. The van der Waals surface area contributed by atoms with Crippen LogP contribution in [-0.2, 0) is 11.3 Å². The predicted octanol–water partition coefficient (Wildman–Crippen LogP) is 1.39. The van der Waals surface area contributed by atoms with Gasteiger partial charge >= 0.3 is 0 Å². The van der Waals surface area contributed by atoms with E-state index in [9.17, 15) is 8.78 Å². The zero-order valence-corrected chi connectivity index (χ0v) is 7.80. The summed E-state index contributed by atoms with van der Waals surface area (Å²) in [4.78, 5) is 3.02. The van der Waals surface area contributed by atoms with E-state index in [2.05, 4.69) is 10.3 Å². The Hall–Kier alpha value is -0.940. The van der Waals surface area contributed by atoms with Crippen LogP contribution in [0.25, 0.3) is 0 Å². The first-order chi connectivity index (χ1) is 6.79. The van der Waals surface area contributed by atoms with Crippen molar-refractivity contribution < 1.29 is 13.5 Å². The van der Waals surface area contributed by atoms with Crippen molar-refractivity contribution in [2.24, 2.45) is 0 Å². The lowest BCUT2D eigenvalue weighted by molar-refractivity contribution is 0.0187. The second-order valence-corrected chi connectivity index (χ2v) is 2.84. The lowest BCUT2D eigenvalue weighted by atomic mass is 10.4. The number of H-pyrrole nitrogens is 1. The summed E-state index contributed by atoms with van der Waals surface area (Å²) in [5, 5.41) is 3.06. The summed E-state index contributed by atoms with van der Waals surface area (Å²) in [6, 6.07) is 3.86. The molecule has 0 fully saturated rings. The van der Waals surface area contributed by atoms with Gasteiger partial charge in [-0.15, -0.1) is 0 Å². The van der Waals surface area contributed by atoms with E-state index >= 15 is 0 Å². The maximum absolute atomic E-state index is 11.6. The second-order valence-electron chi connectivity index (χ2n) is 2.84. The number of halogens is 2. The summed E-state index contributed by atoms with van der Waals surface area (Å²) in [6.07, 6.45) is -0.539. The number of alkyl halides is 2. The molecule has 0 aliphatic carbocycles. The fraction of sp³-hybridized carbons (Fsp3) is 0.556. The molecule has 80 valence electrons. The quantitative estimate of drug-likeness (QED) is 0.658. The zero-order valence-electron chi connectivity index (χ0n) is 7.80. The van der Waals surface area contributed by atoms with Gasteiger partial charge in [-0.2, -0.15) is 0 Å². The van der Waals surface area contributed by atoms with Crippen LogP contribution < -0.4 is 5.32 Å². The van der Waals surface area contributed by atoms with Crippen molar-refractivity contribution in [1.29, 1.82) is 0 Å². The molecule has 1 rings (SSSR count). The zero-order chi connectivity index (χ0) is 10.2. The van der Waals surface area contributed by atoms with Crippen molar-refractivity contribution in [3.63, 3.8) is 0 Å². The molecule has 5 heteroatoms.